The summed E-state index contributed by atoms with van der Waals surface area (Å²) in [4.78, 5) is 20.5. The van der Waals surface area contributed by atoms with Crippen LogP contribution in [0.1, 0.15) is 36.1 Å². The van der Waals surface area contributed by atoms with Crippen LogP contribution in [0.4, 0.5) is 0 Å². The Balaban J connectivity index is 1.61. The van der Waals surface area contributed by atoms with Crippen LogP contribution in [-0.2, 0) is 11.3 Å². The van der Waals surface area contributed by atoms with Gasteiger partial charge in [-0.2, -0.15) is 0 Å². The van der Waals surface area contributed by atoms with E-state index >= 15 is 0 Å². The van der Waals surface area contributed by atoms with Crippen LogP contribution in [-0.4, -0.2) is 79.1 Å². The predicted molar refractivity (Wildman–Crippen MR) is 110 cm³/mol. The van der Waals surface area contributed by atoms with E-state index in [9.17, 15) is 4.79 Å². The Bertz CT molecular complexity index is 706. The minimum Gasteiger partial charge on any atom is -0.384 e. The summed E-state index contributed by atoms with van der Waals surface area (Å²) in [5.41, 5.74) is 1.25. The zero-order valence-corrected chi connectivity index (χ0v) is 17.4. The molecular formula is C21H31N3O2S. The Hall–Kier alpha value is -1.39. The van der Waals surface area contributed by atoms with E-state index in [1.165, 1.54) is 17.7 Å². The van der Waals surface area contributed by atoms with Crippen molar-refractivity contribution in [2.45, 2.75) is 32.2 Å². The van der Waals surface area contributed by atoms with Gasteiger partial charge in [-0.15, -0.1) is 11.3 Å². The van der Waals surface area contributed by atoms with E-state index in [0.29, 0.717) is 12.3 Å². The largest absolute Gasteiger partial charge is 0.384 e. The summed E-state index contributed by atoms with van der Waals surface area (Å²) >= 11 is 1.75. The number of thiophene rings is 1. The third kappa shape index (κ3) is 5.55. The average Bonchev–Trinajstić information content (AvgIpc) is 3.08. The first-order chi connectivity index (χ1) is 13.0. The SMILES string of the molecule is CN(C)CCN1CC2(CCCN(Cc3cc(C#CCO)cs3)C2)CCC1=O. The highest BCUT2D eigenvalue weighted by atomic mass is 32.1. The second kappa shape index (κ2) is 9.20. The molecule has 1 atom stereocenters. The first kappa shape index (κ1) is 20.3. The Morgan fingerprint density at radius 3 is 2.96 bits per heavy atom. The topological polar surface area (TPSA) is 47.0 Å². The van der Waals surface area contributed by atoms with Crippen LogP contribution >= 0.6 is 11.3 Å². The van der Waals surface area contributed by atoms with Gasteiger partial charge in [0, 0.05) is 60.4 Å². The molecule has 2 saturated heterocycles. The fourth-order valence-corrected chi connectivity index (χ4v) is 5.15. The Morgan fingerprint density at radius 1 is 1.33 bits per heavy atom. The smallest absolute Gasteiger partial charge is 0.222 e. The third-order valence-corrected chi connectivity index (χ3v) is 6.57. The lowest BCUT2D eigenvalue weighted by atomic mass is 9.73. The van der Waals surface area contributed by atoms with Gasteiger partial charge < -0.3 is 14.9 Å². The number of likely N-dealkylation sites (N-methyl/N-ethyl adjacent to an activating group) is 1. The molecule has 2 aliphatic rings. The number of hydrogen-bond acceptors (Lipinski definition) is 5. The van der Waals surface area contributed by atoms with Crippen molar-refractivity contribution in [1.82, 2.24) is 14.7 Å². The van der Waals surface area contributed by atoms with Crippen molar-refractivity contribution in [3.63, 3.8) is 0 Å². The average molecular weight is 390 g/mol. The van der Waals surface area contributed by atoms with E-state index in [-0.39, 0.29) is 12.0 Å². The van der Waals surface area contributed by atoms with Crippen LogP contribution in [0.5, 0.6) is 0 Å². The van der Waals surface area contributed by atoms with Crippen molar-refractivity contribution in [3.8, 4) is 11.8 Å². The number of hydrogen-bond donors (Lipinski definition) is 1. The van der Waals surface area contributed by atoms with Gasteiger partial charge in [0.25, 0.3) is 0 Å². The maximum Gasteiger partial charge on any atom is 0.222 e. The van der Waals surface area contributed by atoms with Gasteiger partial charge in [-0.3, -0.25) is 9.69 Å². The summed E-state index contributed by atoms with van der Waals surface area (Å²) in [6, 6.07) is 2.14. The van der Waals surface area contributed by atoms with Crippen molar-refractivity contribution in [3.05, 3.63) is 21.9 Å². The lowest BCUT2D eigenvalue weighted by Gasteiger charge is -2.48. The van der Waals surface area contributed by atoms with Gasteiger partial charge in [-0.25, -0.2) is 0 Å². The van der Waals surface area contributed by atoms with Crippen LogP contribution in [0, 0.1) is 17.3 Å². The summed E-state index contributed by atoms with van der Waals surface area (Å²) in [5, 5.41) is 10.9. The summed E-state index contributed by atoms with van der Waals surface area (Å²) in [6.07, 6.45) is 4.16. The summed E-state index contributed by atoms with van der Waals surface area (Å²) in [6.45, 7) is 5.75. The van der Waals surface area contributed by atoms with E-state index in [0.717, 1.165) is 51.3 Å². The Labute approximate surface area is 166 Å². The normalized spacial score (nSPS) is 23.7. The number of piperidine rings is 2. The highest BCUT2D eigenvalue weighted by Gasteiger charge is 2.41. The fourth-order valence-electron chi connectivity index (χ4n) is 4.30. The number of aliphatic hydroxyl groups is 1. The third-order valence-electron chi connectivity index (χ3n) is 5.65. The molecule has 6 heteroatoms. The molecule has 3 rings (SSSR count). The van der Waals surface area contributed by atoms with Crippen LogP contribution in [0.2, 0.25) is 0 Å². The molecule has 1 amide bonds. The number of rotatable bonds is 5. The molecule has 5 nitrogen and oxygen atoms in total. The van der Waals surface area contributed by atoms with Crippen molar-refractivity contribution in [2.75, 3.05) is 53.4 Å². The van der Waals surface area contributed by atoms with E-state index in [4.69, 9.17) is 5.11 Å². The van der Waals surface area contributed by atoms with Crippen molar-refractivity contribution < 1.29 is 9.90 Å². The number of likely N-dealkylation sites (tertiary alicyclic amines) is 2. The molecule has 2 aliphatic heterocycles. The lowest BCUT2D eigenvalue weighted by molar-refractivity contribution is -0.139. The van der Waals surface area contributed by atoms with E-state index in [1.54, 1.807) is 11.3 Å². The number of carbonyl (C=O) groups is 1. The molecule has 0 bridgehead atoms. The maximum atomic E-state index is 12.4. The molecule has 0 aromatic carbocycles. The van der Waals surface area contributed by atoms with Crippen LogP contribution in [0.25, 0.3) is 0 Å². The lowest BCUT2D eigenvalue weighted by Crippen LogP contribution is -2.54. The Morgan fingerprint density at radius 2 is 2.19 bits per heavy atom. The van der Waals surface area contributed by atoms with Crippen molar-refractivity contribution in [2.24, 2.45) is 5.41 Å². The number of nitrogens with zero attached hydrogens (tertiary/aromatic N) is 3. The van der Waals surface area contributed by atoms with Crippen molar-refractivity contribution >= 4 is 17.2 Å². The number of carbonyl (C=O) groups excluding carboxylic acids is 1. The quantitative estimate of drug-likeness (QED) is 0.781. The van der Waals surface area contributed by atoms with Gasteiger partial charge >= 0.3 is 0 Å². The number of amides is 1. The first-order valence-electron chi connectivity index (χ1n) is 9.82. The fraction of sp³-hybridized carbons (Fsp3) is 0.667. The minimum atomic E-state index is -0.0944. The van der Waals surface area contributed by atoms with Gasteiger partial charge in [0.15, 0.2) is 0 Å². The summed E-state index contributed by atoms with van der Waals surface area (Å²) in [7, 11) is 4.12. The van der Waals surface area contributed by atoms with Gasteiger partial charge in [0.1, 0.15) is 6.61 Å². The summed E-state index contributed by atoms with van der Waals surface area (Å²) in [5.74, 6) is 6.03. The zero-order valence-electron chi connectivity index (χ0n) is 16.5. The molecule has 1 spiro atoms. The van der Waals surface area contributed by atoms with Crippen LogP contribution in [0.3, 0.4) is 0 Å². The molecule has 2 fully saturated rings. The maximum absolute atomic E-state index is 12.4. The van der Waals surface area contributed by atoms with Gasteiger partial charge in [-0.05, 0) is 46.0 Å². The molecule has 0 radical (unpaired) electrons. The molecule has 0 saturated carbocycles. The van der Waals surface area contributed by atoms with Crippen molar-refractivity contribution in [1.29, 1.82) is 0 Å². The van der Waals surface area contributed by atoms with Crippen LogP contribution in [0.15, 0.2) is 11.4 Å². The van der Waals surface area contributed by atoms with E-state index < -0.39 is 0 Å². The molecule has 1 aromatic rings. The molecule has 1 aromatic heterocycles. The molecule has 148 valence electrons. The van der Waals surface area contributed by atoms with E-state index in [1.807, 2.05) is 0 Å². The molecule has 27 heavy (non-hydrogen) atoms. The van der Waals surface area contributed by atoms with Gasteiger partial charge in [-0.1, -0.05) is 11.8 Å². The molecule has 3 heterocycles. The second-order valence-electron chi connectivity index (χ2n) is 8.19. The Kier molecular flexibility index (Phi) is 6.93. The monoisotopic (exact) mass is 389 g/mol. The highest BCUT2D eigenvalue weighted by molar-refractivity contribution is 7.10. The molecule has 1 unspecified atom stereocenters. The van der Waals surface area contributed by atoms with E-state index in [2.05, 4.69) is 52.1 Å². The molecule has 0 aliphatic carbocycles. The number of aliphatic hydroxyl groups excluding tert-OH is 1. The molecular weight excluding hydrogens is 358 g/mol. The first-order valence-corrected chi connectivity index (χ1v) is 10.7. The standard InChI is InChI=1S/C21H31N3O2S/c1-22(2)10-11-24-17-21(8-6-20(24)26)7-4-9-23(16-21)14-19-13-18(15-27-19)5-3-12-25/h13,15,25H,4,6-12,14,16-17H2,1-2H3. The molecule has 1 N–H and O–H groups in total. The minimum absolute atomic E-state index is 0.0944. The predicted octanol–water partition coefficient (Wildman–Crippen LogP) is 1.86. The second-order valence-corrected chi connectivity index (χ2v) is 9.19. The summed E-state index contributed by atoms with van der Waals surface area (Å²) < 4.78 is 0. The zero-order chi connectivity index (χ0) is 19.3. The van der Waals surface area contributed by atoms with Gasteiger partial charge in [0.2, 0.25) is 5.91 Å². The van der Waals surface area contributed by atoms with Crippen LogP contribution < -0.4 is 0 Å². The van der Waals surface area contributed by atoms with Gasteiger partial charge in [0.05, 0.1) is 0 Å². The highest BCUT2D eigenvalue weighted by Crippen LogP contribution is 2.39.